The number of likely N-dealkylation sites (tertiary alicyclic amines) is 1. The van der Waals surface area contributed by atoms with Gasteiger partial charge in [0.25, 0.3) is 11.8 Å². The number of amides is 2. The van der Waals surface area contributed by atoms with E-state index in [9.17, 15) is 9.59 Å². The minimum atomic E-state index is -0.166. The van der Waals surface area contributed by atoms with Gasteiger partial charge in [0.2, 0.25) is 5.88 Å². The van der Waals surface area contributed by atoms with E-state index in [-0.39, 0.29) is 17.9 Å². The topological polar surface area (TPSA) is 84.7 Å². The molecule has 3 rings (SSSR count). The van der Waals surface area contributed by atoms with Crippen LogP contribution in [0.25, 0.3) is 0 Å². The van der Waals surface area contributed by atoms with Gasteiger partial charge in [0.1, 0.15) is 0 Å². The van der Waals surface area contributed by atoms with Gasteiger partial charge in [-0.2, -0.15) is 0 Å². The molecule has 0 aliphatic carbocycles. The van der Waals surface area contributed by atoms with Gasteiger partial charge < -0.3 is 19.4 Å². The molecule has 0 atom stereocenters. The number of hydrogen-bond acceptors (Lipinski definition) is 5. The molecule has 1 saturated heterocycles. The van der Waals surface area contributed by atoms with Crippen LogP contribution >= 0.6 is 0 Å². The maximum absolute atomic E-state index is 12.2. The van der Waals surface area contributed by atoms with E-state index < -0.39 is 0 Å². The summed E-state index contributed by atoms with van der Waals surface area (Å²) in [6.07, 6.45) is 4.40. The number of nitrogens with one attached hydrogen (secondary N) is 1. The van der Waals surface area contributed by atoms with Gasteiger partial charge in [-0.15, -0.1) is 0 Å². The third-order valence-electron chi connectivity index (χ3n) is 4.06. The van der Waals surface area contributed by atoms with Crippen molar-refractivity contribution in [1.29, 1.82) is 0 Å². The first-order chi connectivity index (χ1) is 11.7. The molecule has 0 bridgehead atoms. The lowest BCUT2D eigenvalue weighted by Crippen LogP contribution is -2.46. The first-order valence-corrected chi connectivity index (χ1v) is 7.81. The molecular weight excluding hydrogens is 310 g/mol. The quantitative estimate of drug-likeness (QED) is 0.923. The van der Waals surface area contributed by atoms with Crippen LogP contribution < -0.4 is 10.1 Å². The van der Waals surface area contributed by atoms with Gasteiger partial charge in [-0.05, 0) is 31.0 Å². The zero-order valence-electron chi connectivity index (χ0n) is 13.4. The minimum Gasteiger partial charge on any atom is -0.481 e. The summed E-state index contributed by atoms with van der Waals surface area (Å²) in [6.45, 7) is 1.18. The lowest BCUT2D eigenvalue weighted by atomic mass is 10.0. The van der Waals surface area contributed by atoms with Gasteiger partial charge in [-0.3, -0.25) is 9.59 Å². The van der Waals surface area contributed by atoms with Crippen molar-refractivity contribution in [1.82, 2.24) is 15.2 Å². The van der Waals surface area contributed by atoms with E-state index in [0.717, 1.165) is 0 Å². The van der Waals surface area contributed by atoms with Crippen molar-refractivity contribution in [2.75, 3.05) is 20.2 Å². The van der Waals surface area contributed by atoms with Crippen LogP contribution in [0.4, 0.5) is 0 Å². The first kappa shape index (κ1) is 16.0. The number of carbonyl (C=O) groups is 2. The predicted molar refractivity (Wildman–Crippen MR) is 85.9 cm³/mol. The highest BCUT2D eigenvalue weighted by Crippen LogP contribution is 2.15. The highest BCUT2D eigenvalue weighted by atomic mass is 16.5. The number of rotatable bonds is 4. The molecule has 0 radical (unpaired) electrons. The fourth-order valence-corrected chi connectivity index (χ4v) is 2.69. The Balaban J connectivity index is 1.51. The Morgan fingerprint density at radius 2 is 2.08 bits per heavy atom. The standard InChI is InChI=1S/C17H19N3O4/c1-23-15-5-4-12(11-18-15)16(21)19-13-6-8-20(9-7-13)17(22)14-3-2-10-24-14/h2-5,10-11,13H,6-9H2,1H3,(H,19,21). The molecule has 2 aromatic heterocycles. The molecule has 0 saturated carbocycles. The van der Waals surface area contributed by atoms with E-state index in [4.69, 9.17) is 9.15 Å². The fourth-order valence-electron chi connectivity index (χ4n) is 2.69. The van der Waals surface area contributed by atoms with Crippen LogP contribution in [0.15, 0.2) is 41.1 Å². The smallest absolute Gasteiger partial charge is 0.289 e. The number of carbonyl (C=O) groups excluding carboxylic acids is 2. The van der Waals surface area contributed by atoms with Crippen LogP contribution in [-0.4, -0.2) is 47.9 Å². The molecule has 1 aliphatic heterocycles. The summed E-state index contributed by atoms with van der Waals surface area (Å²) in [6, 6.07) is 6.73. The summed E-state index contributed by atoms with van der Waals surface area (Å²) in [7, 11) is 1.53. The average molecular weight is 329 g/mol. The van der Waals surface area contributed by atoms with Crippen molar-refractivity contribution in [2.45, 2.75) is 18.9 Å². The molecule has 3 heterocycles. The van der Waals surface area contributed by atoms with Gasteiger partial charge in [0.15, 0.2) is 5.76 Å². The normalized spacial score (nSPS) is 15.1. The van der Waals surface area contributed by atoms with E-state index in [1.807, 2.05) is 0 Å². The number of aromatic nitrogens is 1. The summed E-state index contributed by atoms with van der Waals surface area (Å²) < 4.78 is 10.1. The number of pyridine rings is 1. The molecule has 7 heteroatoms. The second-order valence-electron chi connectivity index (χ2n) is 5.61. The highest BCUT2D eigenvalue weighted by Gasteiger charge is 2.26. The monoisotopic (exact) mass is 329 g/mol. The summed E-state index contributed by atoms with van der Waals surface area (Å²) in [5, 5.41) is 2.99. The third kappa shape index (κ3) is 3.56. The highest BCUT2D eigenvalue weighted by molar-refractivity contribution is 5.94. The number of furan rings is 1. The average Bonchev–Trinajstić information content (AvgIpc) is 3.16. The van der Waals surface area contributed by atoms with Crippen molar-refractivity contribution in [3.63, 3.8) is 0 Å². The van der Waals surface area contributed by atoms with Crippen molar-refractivity contribution < 1.29 is 18.7 Å². The summed E-state index contributed by atoms with van der Waals surface area (Å²) in [5.74, 6) is 0.545. The second-order valence-corrected chi connectivity index (χ2v) is 5.61. The molecular formula is C17H19N3O4. The summed E-state index contributed by atoms with van der Waals surface area (Å²) >= 11 is 0. The van der Waals surface area contributed by atoms with Gasteiger partial charge in [0.05, 0.1) is 18.9 Å². The van der Waals surface area contributed by atoms with E-state index in [0.29, 0.717) is 43.1 Å². The Labute approximate surface area is 139 Å². The van der Waals surface area contributed by atoms with Crippen molar-refractivity contribution in [2.24, 2.45) is 0 Å². The maximum atomic E-state index is 12.2. The molecule has 0 aromatic carbocycles. The maximum Gasteiger partial charge on any atom is 0.289 e. The van der Waals surface area contributed by atoms with Gasteiger partial charge >= 0.3 is 0 Å². The fraction of sp³-hybridized carbons (Fsp3) is 0.353. The molecule has 2 aromatic rings. The molecule has 0 unspecified atom stereocenters. The molecule has 2 amide bonds. The van der Waals surface area contributed by atoms with Crippen LogP contribution in [0, 0.1) is 0 Å². The van der Waals surface area contributed by atoms with Gasteiger partial charge in [-0.1, -0.05) is 0 Å². The molecule has 24 heavy (non-hydrogen) atoms. The summed E-state index contributed by atoms with van der Waals surface area (Å²) in [5.41, 5.74) is 0.491. The Morgan fingerprint density at radius 3 is 2.67 bits per heavy atom. The molecule has 1 aliphatic rings. The predicted octanol–water partition coefficient (Wildman–Crippen LogP) is 1.72. The van der Waals surface area contributed by atoms with Crippen LogP contribution in [0.1, 0.15) is 33.8 Å². The number of nitrogens with zero attached hydrogens (tertiary/aromatic N) is 2. The second kappa shape index (κ2) is 7.16. The molecule has 7 nitrogen and oxygen atoms in total. The van der Waals surface area contributed by atoms with E-state index in [1.165, 1.54) is 19.6 Å². The third-order valence-corrected chi connectivity index (χ3v) is 4.06. The largest absolute Gasteiger partial charge is 0.481 e. The Hall–Kier alpha value is -2.83. The Morgan fingerprint density at radius 1 is 1.29 bits per heavy atom. The van der Waals surface area contributed by atoms with Crippen molar-refractivity contribution in [3.8, 4) is 5.88 Å². The number of ether oxygens (including phenoxy) is 1. The molecule has 1 fully saturated rings. The Bertz CT molecular complexity index is 689. The molecule has 0 spiro atoms. The van der Waals surface area contributed by atoms with Crippen LogP contribution in [0.3, 0.4) is 0 Å². The minimum absolute atomic E-state index is 0.0419. The van der Waals surface area contributed by atoms with Crippen molar-refractivity contribution >= 4 is 11.8 Å². The van der Waals surface area contributed by atoms with Gasteiger partial charge in [0, 0.05) is 31.4 Å². The number of methoxy groups -OCH3 is 1. The zero-order valence-corrected chi connectivity index (χ0v) is 13.4. The number of hydrogen-bond donors (Lipinski definition) is 1. The lowest BCUT2D eigenvalue weighted by Gasteiger charge is -2.31. The van der Waals surface area contributed by atoms with Crippen LogP contribution in [0.2, 0.25) is 0 Å². The van der Waals surface area contributed by atoms with E-state index in [2.05, 4.69) is 10.3 Å². The van der Waals surface area contributed by atoms with Crippen LogP contribution in [-0.2, 0) is 0 Å². The summed E-state index contributed by atoms with van der Waals surface area (Å²) in [4.78, 5) is 30.2. The number of piperidine rings is 1. The van der Waals surface area contributed by atoms with Gasteiger partial charge in [-0.25, -0.2) is 4.98 Å². The lowest BCUT2D eigenvalue weighted by molar-refractivity contribution is 0.0667. The first-order valence-electron chi connectivity index (χ1n) is 7.81. The van der Waals surface area contributed by atoms with Crippen LogP contribution in [0.5, 0.6) is 5.88 Å². The van der Waals surface area contributed by atoms with Crippen molar-refractivity contribution in [3.05, 3.63) is 48.0 Å². The zero-order chi connectivity index (χ0) is 16.9. The van der Waals surface area contributed by atoms with E-state index >= 15 is 0 Å². The van der Waals surface area contributed by atoms with E-state index in [1.54, 1.807) is 29.2 Å². The molecule has 1 N–H and O–H groups in total. The SMILES string of the molecule is COc1ccc(C(=O)NC2CCN(C(=O)c3ccco3)CC2)cn1. The Kier molecular flexibility index (Phi) is 4.79. The molecule has 126 valence electrons.